The van der Waals surface area contributed by atoms with Gasteiger partial charge in [-0.3, -0.25) is 0 Å². The molecule has 1 aromatic heterocycles. The maximum atomic E-state index is 11.4. The van der Waals surface area contributed by atoms with Gasteiger partial charge in [-0.1, -0.05) is 0 Å². The summed E-state index contributed by atoms with van der Waals surface area (Å²) in [7, 11) is 1.32. The topological polar surface area (TPSA) is 86.5 Å². The van der Waals surface area contributed by atoms with Crippen LogP contribution in [0.5, 0.6) is 0 Å². The van der Waals surface area contributed by atoms with E-state index in [1.807, 2.05) is 6.92 Å². The normalized spacial score (nSPS) is 23.7. The molecule has 1 aliphatic rings. The fraction of sp³-hybridized carbons (Fsp3) is 0.500. The van der Waals surface area contributed by atoms with Crippen LogP contribution in [0, 0.1) is 0 Å². The first-order valence-electron chi connectivity index (χ1n) is 5.79. The second-order valence-electron chi connectivity index (χ2n) is 4.35. The lowest BCUT2D eigenvalue weighted by atomic mass is 10.0. The Morgan fingerprint density at radius 2 is 2.39 bits per heavy atom. The maximum Gasteiger partial charge on any atom is 0.356 e. The highest BCUT2D eigenvalue weighted by molar-refractivity contribution is 5.87. The van der Waals surface area contributed by atoms with E-state index in [0.29, 0.717) is 18.9 Å². The molecule has 6 heteroatoms. The Labute approximate surface area is 105 Å². The van der Waals surface area contributed by atoms with Gasteiger partial charge in [-0.15, -0.1) is 0 Å². The molecule has 0 saturated carbocycles. The third kappa shape index (κ3) is 2.60. The summed E-state index contributed by atoms with van der Waals surface area (Å²) in [6, 6.07) is 1.87. The fourth-order valence-corrected chi connectivity index (χ4v) is 1.98. The lowest BCUT2D eigenvalue weighted by Crippen LogP contribution is -2.42. The van der Waals surface area contributed by atoms with E-state index in [2.05, 4.69) is 15.0 Å². The van der Waals surface area contributed by atoms with Crippen molar-refractivity contribution in [3.8, 4) is 0 Å². The van der Waals surface area contributed by atoms with E-state index in [0.717, 1.165) is 5.56 Å². The van der Waals surface area contributed by atoms with Crippen LogP contribution in [-0.2, 0) is 9.47 Å². The van der Waals surface area contributed by atoms with Gasteiger partial charge in [0.2, 0.25) is 0 Å². The number of carbonyl (C=O) groups excluding carboxylic acids is 1. The van der Waals surface area contributed by atoms with E-state index in [1.165, 1.54) is 13.3 Å². The Morgan fingerprint density at radius 3 is 3.06 bits per heavy atom. The number of nitrogens with one attached hydrogen (secondary N) is 1. The van der Waals surface area contributed by atoms with Crippen molar-refractivity contribution in [1.29, 1.82) is 0 Å². The van der Waals surface area contributed by atoms with Crippen LogP contribution in [0.15, 0.2) is 12.3 Å². The first-order valence-corrected chi connectivity index (χ1v) is 5.79. The Morgan fingerprint density at radius 1 is 1.61 bits per heavy atom. The molecule has 2 atom stereocenters. The molecule has 1 fully saturated rings. The molecule has 0 aliphatic carbocycles. The minimum atomic E-state index is -0.471. The van der Waals surface area contributed by atoms with Gasteiger partial charge in [0.1, 0.15) is 5.69 Å². The first kappa shape index (κ1) is 12.8. The Hall–Kier alpha value is -1.66. The summed E-state index contributed by atoms with van der Waals surface area (Å²) >= 11 is 0. The minimum Gasteiger partial charge on any atom is -0.464 e. The van der Waals surface area contributed by atoms with Crippen molar-refractivity contribution < 1.29 is 14.3 Å². The van der Waals surface area contributed by atoms with Crippen LogP contribution in [0.3, 0.4) is 0 Å². The number of hydrogen-bond acceptors (Lipinski definition) is 6. The number of hydrogen-bond donors (Lipinski definition) is 2. The number of nitrogens with zero attached hydrogens (tertiary/aromatic N) is 1. The summed E-state index contributed by atoms with van der Waals surface area (Å²) in [5.74, 6) is -0.471. The zero-order valence-electron chi connectivity index (χ0n) is 10.5. The summed E-state index contributed by atoms with van der Waals surface area (Å²) in [6.45, 7) is 3.23. The number of rotatable bonds is 2. The summed E-state index contributed by atoms with van der Waals surface area (Å²) in [4.78, 5) is 15.4. The van der Waals surface area contributed by atoms with E-state index >= 15 is 0 Å². The fourth-order valence-electron chi connectivity index (χ4n) is 1.98. The van der Waals surface area contributed by atoms with Gasteiger partial charge in [0.25, 0.3) is 0 Å². The predicted molar refractivity (Wildman–Crippen MR) is 66.1 cm³/mol. The Bertz CT molecular complexity index is 450. The summed E-state index contributed by atoms with van der Waals surface area (Å²) in [6.07, 6.45) is 1.47. The number of nitrogen functional groups attached to an aromatic ring is 1. The van der Waals surface area contributed by atoms with E-state index in [1.54, 1.807) is 6.07 Å². The lowest BCUT2D eigenvalue weighted by molar-refractivity contribution is 0.0503. The maximum absolute atomic E-state index is 11.4. The van der Waals surface area contributed by atoms with Gasteiger partial charge in [0.15, 0.2) is 0 Å². The van der Waals surface area contributed by atoms with E-state index in [-0.39, 0.29) is 17.8 Å². The lowest BCUT2D eigenvalue weighted by Gasteiger charge is -2.30. The van der Waals surface area contributed by atoms with Gasteiger partial charge < -0.3 is 20.5 Å². The van der Waals surface area contributed by atoms with Crippen molar-refractivity contribution in [2.75, 3.05) is 26.1 Å². The van der Waals surface area contributed by atoms with Gasteiger partial charge in [-0.05, 0) is 18.6 Å². The number of carbonyl (C=O) groups is 1. The first-order chi connectivity index (χ1) is 8.61. The van der Waals surface area contributed by atoms with Crippen molar-refractivity contribution in [2.45, 2.75) is 19.0 Å². The van der Waals surface area contributed by atoms with Crippen molar-refractivity contribution in [3.63, 3.8) is 0 Å². The molecule has 1 saturated heterocycles. The summed E-state index contributed by atoms with van der Waals surface area (Å²) in [5.41, 5.74) is 7.51. The zero-order chi connectivity index (χ0) is 13.1. The van der Waals surface area contributed by atoms with Crippen LogP contribution >= 0.6 is 0 Å². The van der Waals surface area contributed by atoms with Gasteiger partial charge >= 0.3 is 5.97 Å². The molecule has 0 aromatic carbocycles. The number of morpholine rings is 1. The molecule has 0 radical (unpaired) electrons. The molecule has 0 bridgehead atoms. The third-order valence-electron chi connectivity index (χ3n) is 2.88. The van der Waals surface area contributed by atoms with E-state index < -0.39 is 5.97 Å². The van der Waals surface area contributed by atoms with Crippen LogP contribution in [0.2, 0.25) is 0 Å². The minimum absolute atomic E-state index is 0.0276. The molecular formula is C12H17N3O3. The molecule has 98 valence electrons. The molecule has 18 heavy (non-hydrogen) atoms. The Kier molecular flexibility index (Phi) is 3.78. The van der Waals surface area contributed by atoms with Crippen molar-refractivity contribution in [2.24, 2.45) is 0 Å². The van der Waals surface area contributed by atoms with Gasteiger partial charge in [0, 0.05) is 6.04 Å². The second-order valence-corrected chi connectivity index (χ2v) is 4.35. The van der Waals surface area contributed by atoms with E-state index in [4.69, 9.17) is 10.5 Å². The van der Waals surface area contributed by atoms with Crippen LogP contribution in [0.25, 0.3) is 0 Å². The largest absolute Gasteiger partial charge is 0.464 e. The van der Waals surface area contributed by atoms with Gasteiger partial charge in [-0.25, -0.2) is 9.78 Å². The molecule has 1 aromatic rings. The molecule has 0 amide bonds. The second kappa shape index (κ2) is 5.32. The average molecular weight is 251 g/mol. The molecular weight excluding hydrogens is 234 g/mol. The molecule has 1 aliphatic heterocycles. The summed E-state index contributed by atoms with van der Waals surface area (Å²) < 4.78 is 10.1. The molecule has 2 heterocycles. The number of ether oxygens (including phenoxy) is 2. The quantitative estimate of drug-likeness (QED) is 0.744. The number of methoxy groups -OCH3 is 1. The third-order valence-corrected chi connectivity index (χ3v) is 2.88. The zero-order valence-corrected chi connectivity index (χ0v) is 10.5. The monoisotopic (exact) mass is 251 g/mol. The van der Waals surface area contributed by atoms with Gasteiger partial charge in [0.05, 0.1) is 38.2 Å². The summed E-state index contributed by atoms with van der Waals surface area (Å²) in [5, 5.41) is 3.37. The van der Waals surface area contributed by atoms with E-state index in [9.17, 15) is 4.79 Å². The highest BCUT2D eigenvalue weighted by Crippen LogP contribution is 2.23. The van der Waals surface area contributed by atoms with Crippen LogP contribution in [0.4, 0.5) is 5.69 Å². The number of esters is 1. The van der Waals surface area contributed by atoms with Crippen LogP contribution in [0.1, 0.15) is 29.0 Å². The van der Waals surface area contributed by atoms with Crippen LogP contribution < -0.4 is 11.1 Å². The molecule has 6 nitrogen and oxygen atoms in total. The number of nitrogens with two attached hydrogens (primary N) is 1. The predicted octanol–water partition coefficient (Wildman–Crippen LogP) is 0.500. The smallest absolute Gasteiger partial charge is 0.356 e. The molecule has 0 unspecified atom stereocenters. The number of pyridine rings is 1. The van der Waals surface area contributed by atoms with Gasteiger partial charge in [-0.2, -0.15) is 0 Å². The standard InChI is InChI=1S/C12H17N3O3/c1-7-5-18-6-11(15-7)8-3-10(12(16)17-2)14-4-9(8)13/h3-4,7,11,15H,5-6,13H2,1-2H3/t7-,11+/m0/s1. The highest BCUT2D eigenvalue weighted by atomic mass is 16.5. The Balaban J connectivity index is 2.28. The van der Waals surface area contributed by atoms with Crippen LogP contribution in [-0.4, -0.2) is 37.3 Å². The SMILES string of the molecule is COC(=O)c1cc([C@H]2COC[C@H](C)N2)c(N)cn1. The molecule has 0 spiro atoms. The highest BCUT2D eigenvalue weighted by Gasteiger charge is 2.23. The number of aromatic nitrogens is 1. The number of anilines is 1. The molecule has 3 N–H and O–H groups in total. The average Bonchev–Trinajstić information content (AvgIpc) is 2.38. The van der Waals surface area contributed by atoms with Crippen molar-refractivity contribution in [3.05, 3.63) is 23.5 Å². The molecule has 2 rings (SSSR count). The van der Waals surface area contributed by atoms with Crippen molar-refractivity contribution in [1.82, 2.24) is 10.3 Å². The van der Waals surface area contributed by atoms with Crippen molar-refractivity contribution >= 4 is 11.7 Å².